The van der Waals surface area contributed by atoms with Gasteiger partial charge in [-0.1, -0.05) is 18.5 Å². The highest BCUT2D eigenvalue weighted by molar-refractivity contribution is 6.32. The zero-order chi connectivity index (χ0) is 10.4. The maximum atomic E-state index is 6.05. The van der Waals surface area contributed by atoms with Gasteiger partial charge in [-0.3, -0.25) is 0 Å². The van der Waals surface area contributed by atoms with E-state index in [4.69, 9.17) is 11.6 Å². The molecule has 1 aromatic heterocycles. The molecule has 0 unspecified atom stereocenters. The van der Waals surface area contributed by atoms with Gasteiger partial charge >= 0.3 is 0 Å². The van der Waals surface area contributed by atoms with Crippen LogP contribution >= 0.6 is 11.6 Å². The molecule has 1 aromatic rings. The molecule has 4 heteroatoms. The van der Waals surface area contributed by atoms with Crippen molar-refractivity contribution in [3.05, 3.63) is 22.8 Å². The van der Waals surface area contributed by atoms with Crippen LogP contribution in [0.5, 0.6) is 0 Å². The van der Waals surface area contributed by atoms with E-state index in [9.17, 15) is 0 Å². The van der Waals surface area contributed by atoms with Gasteiger partial charge in [0.25, 0.3) is 0 Å². The van der Waals surface area contributed by atoms with E-state index < -0.39 is 0 Å². The van der Waals surface area contributed by atoms with Crippen LogP contribution in [0, 0.1) is 0 Å². The Kier molecular flexibility index (Phi) is 4.70. The Bertz CT molecular complexity index is 289. The molecule has 0 aliphatic carbocycles. The summed E-state index contributed by atoms with van der Waals surface area (Å²) in [6.07, 6.45) is 2.90. The van der Waals surface area contributed by atoms with Crippen LogP contribution < -0.4 is 10.6 Å². The van der Waals surface area contributed by atoms with Gasteiger partial charge < -0.3 is 10.6 Å². The molecule has 0 bridgehead atoms. The van der Waals surface area contributed by atoms with Gasteiger partial charge in [0, 0.05) is 19.3 Å². The summed E-state index contributed by atoms with van der Waals surface area (Å²) in [5, 5.41) is 6.91. The highest BCUT2D eigenvalue weighted by Gasteiger charge is 2.01. The topological polar surface area (TPSA) is 37.0 Å². The molecule has 78 valence electrons. The Balaban J connectivity index is 2.68. The van der Waals surface area contributed by atoms with E-state index in [1.54, 1.807) is 0 Å². The lowest BCUT2D eigenvalue weighted by molar-refractivity contribution is 0.813. The van der Waals surface area contributed by atoms with Crippen molar-refractivity contribution in [3.63, 3.8) is 0 Å². The standard InChI is InChI=1S/C10H16ClN3/c1-3-4-13-10-9(11)5-8(6-12-2)7-14-10/h5,7,12H,3-4,6H2,1-2H3,(H,13,14). The normalized spacial score (nSPS) is 10.2. The molecule has 0 aliphatic heterocycles. The fourth-order valence-electron chi connectivity index (χ4n) is 1.15. The van der Waals surface area contributed by atoms with Crippen LogP contribution in [0.3, 0.4) is 0 Å². The molecule has 0 spiro atoms. The molecule has 0 fully saturated rings. The quantitative estimate of drug-likeness (QED) is 0.788. The molecule has 14 heavy (non-hydrogen) atoms. The van der Waals surface area contributed by atoms with E-state index >= 15 is 0 Å². The average Bonchev–Trinajstić information content (AvgIpc) is 2.17. The minimum atomic E-state index is 0.686. The van der Waals surface area contributed by atoms with E-state index in [-0.39, 0.29) is 0 Å². The fourth-order valence-corrected chi connectivity index (χ4v) is 1.41. The van der Waals surface area contributed by atoms with Crippen LogP contribution in [0.1, 0.15) is 18.9 Å². The summed E-state index contributed by atoms with van der Waals surface area (Å²) in [4.78, 5) is 4.25. The molecule has 0 aliphatic rings. The minimum Gasteiger partial charge on any atom is -0.369 e. The van der Waals surface area contributed by atoms with E-state index in [0.29, 0.717) is 5.02 Å². The van der Waals surface area contributed by atoms with E-state index in [1.165, 1.54) is 0 Å². The number of hydrogen-bond donors (Lipinski definition) is 2. The second-order valence-electron chi connectivity index (χ2n) is 3.13. The summed E-state index contributed by atoms with van der Waals surface area (Å²) in [5.41, 5.74) is 1.10. The predicted octanol–water partition coefficient (Wildman–Crippen LogP) is 2.28. The first-order valence-electron chi connectivity index (χ1n) is 4.80. The molecule has 0 atom stereocenters. The summed E-state index contributed by atoms with van der Waals surface area (Å²) >= 11 is 6.05. The van der Waals surface area contributed by atoms with Gasteiger partial charge in [-0.25, -0.2) is 4.98 Å². The largest absolute Gasteiger partial charge is 0.369 e. The average molecular weight is 214 g/mol. The van der Waals surface area contributed by atoms with Crippen molar-refractivity contribution in [1.82, 2.24) is 10.3 Å². The Morgan fingerprint density at radius 1 is 1.50 bits per heavy atom. The third-order valence-corrected chi connectivity index (χ3v) is 2.11. The first-order valence-corrected chi connectivity index (χ1v) is 5.18. The Morgan fingerprint density at radius 3 is 2.86 bits per heavy atom. The van der Waals surface area contributed by atoms with Crippen molar-refractivity contribution in [2.45, 2.75) is 19.9 Å². The Labute approximate surface area is 89.9 Å². The lowest BCUT2D eigenvalue weighted by Gasteiger charge is -2.07. The summed E-state index contributed by atoms with van der Waals surface area (Å²) in [6, 6.07) is 1.93. The number of anilines is 1. The maximum Gasteiger partial charge on any atom is 0.144 e. The highest BCUT2D eigenvalue weighted by Crippen LogP contribution is 2.19. The second-order valence-corrected chi connectivity index (χ2v) is 3.54. The van der Waals surface area contributed by atoms with Crippen molar-refractivity contribution in [3.8, 4) is 0 Å². The van der Waals surface area contributed by atoms with Crippen LogP contribution in [0.2, 0.25) is 5.02 Å². The molecule has 0 radical (unpaired) electrons. The first-order chi connectivity index (χ1) is 6.77. The van der Waals surface area contributed by atoms with Gasteiger partial charge in [0.1, 0.15) is 5.82 Å². The van der Waals surface area contributed by atoms with Crippen molar-refractivity contribution >= 4 is 17.4 Å². The number of rotatable bonds is 5. The summed E-state index contributed by atoms with van der Waals surface area (Å²) in [7, 11) is 1.90. The van der Waals surface area contributed by atoms with Gasteiger partial charge in [0.05, 0.1) is 5.02 Å². The van der Waals surface area contributed by atoms with Crippen LogP contribution in [-0.4, -0.2) is 18.6 Å². The lowest BCUT2D eigenvalue weighted by atomic mass is 10.3. The zero-order valence-corrected chi connectivity index (χ0v) is 9.36. The van der Waals surface area contributed by atoms with Crippen molar-refractivity contribution in [1.29, 1.82) is 0 Å². The molecular weight excluding hydrogens is 198 g/mol. The summed E-state index contributed by atoms with van der Waals surface area (Å²) in [6.45, 7) is 3.80. The summed E-state index contributed by atoms with van der Waals surface area (Å²) in [5.74, 6) is 0.772. The minimum absolute atomic E-state index is 0.686. The third kappa shape index (κ3) is 3.16. The first kappa shape index (κ1) is 11.3. The molecule has 0 aromatic carbocycles. The molecule has 3 nitrogen and oxygen atoms in total. The van der Waals surface area contributed by atoms with Crippen molar-refractivity contribution < 1.29 is 0 Å². The second kappa shape index (κ2) is 5.83. The van der Waals surface area contributed by atoms with Crippen LogP contribution in [0.25, 0.3) is 0 Å². The van der Waals surface area contributed by atoms with E-state index in [1.807, 2.05) is 19.3 Å². The number of aromatic nitrogens is 1. The third-order valence-electron chi connectivity index (χ3n) is 1.82. The Hall–Kier alpha value is -0.800. The summed E-state index contributed by atoms with van der Waals surface area (Å²) < 4.78 is 0. The highest BCUT2D eigenvalue weighted by atomic mass is 35.5. The van der Waals surface area contributed by atoms with Gasteiger partial charge in [-0.05, 0) is 25.1 Å². The number of hydrogen-bond acceptors (Lipinski definition) is 3. The molecule has 1 heterocycles. The molecule has 0 saturated carbocycles. The van der Waals surface area contributed by atoms with Crippen LogP contribution in [0.4, 0.5) is 5.82 Å². The fraction of sp³-hybridized carbons (Fsp3) is 0.500. The number of nitrogens with one attached hydrogen (secondary N) is 2. The number of nitrogens with zero attached hydrogens (tertiary/aromatic N) is 1. The van der Waals surface area contributed by atoms with Crippen molar-refractivity contribution in [2.24, 2.45) is 0 Å². The van der Waals surface area contributed by atoms with Crippen LogP contribution in [0.15, 0.2) is 12.3 Å². The van der Waals surface area contributed by atoms with Gasteiger partial charge in [0.15, 0.2) is 0 Å². The Morgan fingerprint density at radius 2 is 2.29 bits per heavy atom. The van der Waals surface area contributed by atoms with Gasteiger partial charge in [0.2, 0.25) is 0 Å². The van der Waals surface area contributed by atoms with E-state index in [0.717, 1.165) is 30.9 Å². The maximum absolute atomic E-state index is 6.05. The number of pyridine rings is 1. The molecule has 1 rings (SSSR count). The SMILES string of the molecule is CCCNc1ncc(CNC)cc1Cl. The monoisotopic (exact) mass is 213 g/mol. The number of halogens is 1. The van der Waals surface area contributed by atoms with Crippen molar-refractivity contribution in [2.75, 3.05) is 18.9 Å². The molecule has 0 amide bonds. The van der Waals surface area contributed by atoms with Gasteiger partial charge in [-0.2, -0.15) is 0 Å². The molecular formula is C10H16ClN3. The van der Waals surface area contributed by atoms with Gasteiger partial charge in [-0.15, -0.1) is 0 Å². The molecule has 2 N–H and O–H groups in total. The zero-order valence-electron chi connectivity index (χ0n) is 8.60. The predicted molar refractivity (Wildman–Crippen MR) is 60.8 cm³/mol. The van der Waals surface area contributed by atoms with E-state index in [2.05, 4.69) is 22.5 Å². The van der Waals surface area contributed by atoms with Crippen LogP contribution in [-0.2, 0) is 6.54 Å². The smallest absolute Gasteiger partial charge is 0.144 e. The molecule has 0 saturated heterocycles. The lowest BCUT2D eigenvalue weighted by Crippen LogP contribution is -2.07.